The topological polar surface area (TPSA) is 53.4 Å². The third-order valence-electron chi connectivity index (χ3n) is 3.10. The maximum Gasteiger partial charge on any atom is 0.408 e. The Morgan fingerprint density at radius 1 is 1.33 bits per heavy atom. The molecule has 1 saturated heterocycles. The number of aromatic nitrogens is 2. The van der Waals surface area contributed by atoms with Gasteiger partial charge >= 0.3 is 6.18 Å². The lowest BCUT2D eigenvalue weighted by Crippen LogP contribution is -2.47. The van der Waals surface area contributed by atoms with E-state index < -0.39 is 18.3 Å². The molecular weight excluding hydrogens is 311 g/mol. The molecule has 0 bridgehead atoms. The van der Waals surface area contributed by atoms with Gasteiger partial charge in [-0.1, -0.05) is 11.6 Å². The van der Waals surface area contributed by atoms with Crippen LogP contribution in [0.15, 0.2) is 11.0 Å². The van der Waals surface area contributed by atoms with E-state index in [1.54, 1.807) is 0 Å². The van der Waals surface area contributed by atoms with Crippen LogP contribution in [0, 0.1) is 0 Å². The number of anilines is 1. The predicted molar refractivity (Wildman–Crippen MR) is 72.3 cm³/mol. The average molecular weight is 326 g/mol. The Morgan fingerprint density at radius 3 is 2.52 bits per heavy atom. The first-order chi connectivity index (χ1) is 9.76. The summed E-state index contributed by atoms with van der Waals surface area (Å²) in [5.74, 6) is 0. The fourth-order valence-electron chi connectivity index (χ4n) is 1.91. The number of nitrogens with one attached hydrogen (secondary N) is 1. The summed E-state index contributed by atoms with van der Waals surface area (Å²) in [6.07, 6.45) is -3.39. The zero-order valence-corrected chi connectivity index (χ0v) is 12.1. The van der Waals surface area contributed by atoms with Crippen LogP contribution in [0.1, 0.15) is 0 Å². The summed E-state index contributed by atoms with van der Waals surface area (Å²) in [7, 11) is 1.99. The van der Waals surface area contributed by atoms with Crippen LogP contribution in [-0.2, 0) is 6.54 Å². The second kappa shape index (κ2) is 6.20. The standard InChI is InChI=1S/C11H15ClF3N5O/c1-18-2-4-19(5-3-18)17-8-6-16-20(7-11(13,14)15)10(21)9(8)12/h6,17H,2-5,7H2,1H3. The number of halogens is 4. The Bertz CT molecular complexity index is 554. The lowest BCUT2D eigenvalue weighted by Gasteiger charge is -2.33. The van der Waals surface area contributed by atoms with Crippen LogP contribution >= 0.6 is 11.6 Å². The molecule has 2 heterocycles. The molecule has 1 aromatic heterocycles. The fraction of sp³-hybridized carbons (Fsp3) is 0.636. The minimum atomic E-state index is -4.52. The van der Waals surface area contributed by atoms with E-state index in [1.807, 2.05) is 12.1 Å². The predicted octanol–water partition coefficient (Wildman–Crippen LogP) is 1.03. The highest BCUT2D eigenvalue weighted by Crippen LogP contribution is 2.19. The van der Waals surface area contributed by atoms with E-state index in [9.17, 15) is 18.0 Å². The molecule has 0 aliphatic carbocycles. The van der Waals surface area contributed by atoms with Crippen molar-refractivity contribution in [3.05, 3.63) is 21.6 Å². The molecule has 1 fully saturated rings. The zero-order valence-electron chi connectivity index (χ0n) is 11.3. The van der Waals surface area contributed by atoms with Crippen molar-refractivity contribution in [2.24, 2.45) is 0 Å². The molecule has 0 amide bonds. The van der Waals surface area contributed by atoms with Gasteiger partial charge in [-0.3, -0.25) is 4.79 Å². The molecule has 0 spiro atoms. The smallest absolute Gasteiger partial charge is 0.316 e. The van der Waals surface area contributed by atoms with E-state index in [1.165, 1.54) is 0 Å². The molecule has 10 heteroatoms. The van der Waals surface area contributed by atoms with Gasteiger partial charge in [0, 0.05) is 26.2 Å². The van der Waals surface area contributed by atoms with E-state index >= 15 is 0 Å². The number of rotatable bonds is 3. The van der Waals surface area contributed by atoms with Crippen LogP contribution in [0.5, 0.6) is 0 Å². The quantitative estimate of drug-likeness (QED) is 0.900. The number of hydrogen-bond acceptors (Lipinski definition) is 5. The summed E-state index contributed by atoms with van der Waals surface area (Å²) in [6.45, 7) is 1.63. The summed E-state index contributed by atoms with van der Waals surface area (Å²) >= 11 is 5.83. The van der Waals surface area contributed by atoms with Crippen LogP contribution in [0.3, 0.4) is 0 Å². The molecule has 0 unspecified atom stereocenters. The van der Waals surface area contributed by atoms with E-state index in [0.717, 1.165) is 19.3 Å². The van der Waals surface area contributed by atoms with Gasteiger partial charge in [-0.2, -0.15) is 18.3 Å². The summed E-state index contributed by atoms with van der Waals surface area (Å²) in [4.78, 5) is 13.9. The van der Waals surface area contributed by atoms with E-state index in [2.05, 4.69) is 15.4 Å². The van der Waals surface area contributed by atoms with Gasteiger partial charge in [0.05, 0.1) is 11.9 Å². The maximum absolute atomic E-state index is 12.3. The number of hydrogen-bond donors (Lipinski definition) is 1. The molecule has 2 rings (SSSR count). The van der Waals surface area contributed by atoms with Crippen LogP contribution in [0.2, 0.25) is 5.02 Å². The Labute approximate surface area is 124 Å². The van der Waals surface area contributed by atoms with E-state index in [0.29, 0.717) is 17.8 Å². The normalized spacial score (nSPS) is 18.0. The molecule has 0 saturated carbocycles. The number of alkyl halides is 3. The van der Waals surface area contributed by atoms with Crippen molar-refractivity contribution >= 4 is 17.3 Å². The third kappa shape index (κ3) is 4.32. The zero-order chi connectivity index (χ0) is 15.6. The Morgan fingerprint density at radius 2 is 1.95 bits per heavy atom. The van der Waals surface area contributed by atoms with Crippen LogP contribution < -0.4 is 11.0 Å². The number of hydrazine groups is 1. The van der Waals surface area contributed by atoms with Gasteiger partial charge in [-0.05, 0) is 7.05 Å². The first kappa shape index (κ1) is 16.1. The molecule has 1 aliphatic heterocycles. The van der Waals surface area contributed by atoms with Gasteiger partial charge in [0.2, 0.25) is 0 Å². The molecule has 1 aromatic rings. The Balaban J connectivity index is 2.12. The molecule has 118 valence electrons. The van der Waals surface area contributed by atoms with Gasteiger partial charge in [-0.25, -0.2) is 9.69 Å². The SMILES string of the molecule is CN1CCN(Nc2cnn(CC(F)(F)F)c(=O)c2Cl)CC1. The highest BCUT2D eigenvalue weighted by Gasteiger charge is 2.30. The molecule has 1 N–H and O–H groups in total. The molecule has 1 aliphatic rings. The van der Waals surface area contributed by atoms with Crippen LogP contribution in [0.4, 0.5) is 18.9 Å². The highest BCUT2D eigenvalue weighted by molar-refractivity contribution is 6.32. The minimum absolute atomic E-state index is 0.213. The molecule has 6 nitrogen and oxygen atoms in total. The Kier molecular flexibility index (Phi) is 4.74. The first-order valence-corrected chi connectivity index (χ1v) is 6.66. The van der Waals surface area contributed by atoms with Crippen LogP contribution in [0.25, 0.3) is 0 Å². The second-order valence-corrected chi connectivity index (χ2v) is 5.23. The molecule has 0 radical (unpaired) electrons. The molecular formula is C11H15ClF3N5O. The van der Waals surface area contributed by atoms with Gasteiger partial charge < -0.3 is 10.3 Å². The molecule has 0 aromatic carbocycles. The van der Waals surface area contributed by atoms with E-state index in [-0.39, 0.29) is 10.7 Å². The molecule has 21 heavy (non-hydrogen) atoms. The van der Waals surface area contributed by atoms with Crippen LogP contribution in [-0.4, -0.2) is 59.1 Å². The lowest BCUT2D eigenvalue weighted by atomic mass is 10.4. The largest absolute Gasteiger partial charge is 0.408 e. The van der Waals surface area contributed by atoms with Crippen molar-refractivity contribution in [1.29, 1.82) is 0 Å². The summed E-state index contributed by atoms with van der Waals surface area (Å²) < 4.78 is 37.2. The van der Waals surface area contributed by atoms with Crippen molar-refractivity contribution < 1.29 is 13.2 Å². The third-order valence-corrected chi connectivity index (χ3v) is 3.46. The minimum Gasteiger partial charge on any atom is -0.316 e. The van der Waals surface area contributed by atoms with Crippen molar-refractivity contribution in [3.8, 4) is 0 Å². The van der Waals surface area contributed by atoms with Crippen molar-refractivity contribution in [3.63, 3.8) is 0 Å². The van der Waals surface area contributed by atoms with Crippen molar-refractivity contribution in [2.45, 2.75) is 12.7 Å². The average Bonchev–Trinajstić information content (AvgIpc) is 2.39. The Hall–Kier alpha value is -1.32. The first-order valence-electron chi connectivity index (χ1n) is 6.29. The number of likely N-dealkylation sites (N-methyl/N-ethyl adjacent to an activating group) is 1. The van der Waals surface area contributed by atoms with Crippen molar-refractivity contribution in [1.82, 2.24) is 19.7 Å². The summed E-state index contributed by atoms with van der Waals surface area (Å²) in [6, 6.07) is 0. The monoisotopic (exact) mass is 325 g/mol. The summed E-state index contributed by atoms with van der Waals surface area (Å²) in [5.41, 5.74) is 2.17. The van der Waals surface area contributed by atoms with Crippen molar-refractivity contribution in [2.75, 3.05) is 38.7 Å². The molecule has 0 atom stereocenters. The highest BCUT2D eigenvalue weighted by atomic mass is 35.5. The van der Waals surface area contributed by atoms with Gasteiger partial charge in [0.25, 0.3) is 5.56 Å². The van der Waals surface area contributed by atoms with Gasteiger partial charge in [0.15, 0.2) is 0 Å². The lowest BCUT2D eigenvalue weighted by molar-refractivity contribution is -0.143. The number of nitrogens with zero attached hydrogens (tertiary/aromatic N) is 4. The van der Waals surface area contributed by atoms with Gasteiger partial charge in [-0.15, -0.1) is 0 Å². The second-order valence-electron chi connectivity index (χ2n) is 4.85. The van der Waals surface area contributed by atoms with E-state index in [4.69, 9.17) is 11.6 Å². The summed E-state index contributed by atoms with van der Waals surface area (Å²) in [5, 5.41) is 5.05. The van der Waals surface area contributed by atoms with Gasteiger partial charge in [0.1, 0.15) is 11.6 Å². The fourth-order valence-corrected chi connectivity index (χ4v) is 2.10. The number of piperazine rings is 1. The maximum atomic E-state index is 12.3.